The molecule has 1 N–H and O–H groups in total. The van der Waals surface area contributed by atoms with Gasteiger partial charge in [0.25, 0.3) is 0 Å². The van der Waals surface area contributed by atoms with Gasteiger partial charge in [0, 0.05) is 24.1 Å². The number of nitrogens with one attached hydrogen (secondary N) is 1. The minimum atomic E-state index is -0.140. The first-order valence-corrected chi connectivity index (χ1v) is 8.75. The molecular weight excluding hydrogens is 274 g/mol. The molecular formula is C19H31NO2. The summed E-state index contributed by atoms with van der Waals surface area (Å²) in [6.07, 6.45) is 6.18. The second-order valence-electron chi connectivity index (χ2n) is 6.77. The van der Waals surface area contributed by atoms with Crippen molar-refractivity contribution in [1.82, 2.24) is 5.32 Å². The van der Waals surface area contributed by atoms with Crippen molar-refractivity contribution in [3.05, 3.63) is 23.8 Å². The van der Waals surface area contributed by atoms with E-state index in [-0.39, 0.29) is 5.60 Å². The summed E-state index contributed by atoms with van der Waals surface area (Å²) in [6.45, 7) is 10.3. The molecule has 0 bridgehead atoms. The zero-order chi connectivity index (χ0) is 16.0. The van der Waals surface area contributed by atoms with Crippen molar-refractivity contribution in [2.75, 3.05) is 13.2 Å². The highest BCUT2D eigenvalue weighted by Gasteiger charge is 2.33. The zero-order valence-electron chi connectivity index (χ0n) is 14.6. The molecule has 1 heterocycles. The Morgan fingerprint density at radius 1 is 1.23 bits per heavy atom. The van der Waals surface area contributed by atoms with Gasteiger partial charge < -0.3 is 14.8 Å². The number of unbranched alkanes of at least 4 members (excludes halogenated alkanes) is 3. The first kappa shape index (κ1) is 17.1. The second-order valence-corrected chi connectivity index (χ2v) is 6.77. The minimum Gasteiger partial charge on any atom is -0.494 e. The molecule has 0 amide bonds. The van der Waals surface area contributed by atoms with Gasteiger partial charge in [0.15, 0.2) is 0 Å². The number of hydrogen-bond donors (Lipinski definition) is 1. The van der Waals surface area contributed by atoms with Crippen molar-refractivity contribution in [2.24, 2.45) is 0 Å². The van der Waals surface area contributed by atoms with E-state index in [2.05, 4.69) is 38.2 Å². The zero-order valence-corrected chi connectivity index (χ0v) is 14.6. The van der Waals surface area contributed by atoms with Crippen LogP contribution in [-0.4, -0.2) is 18.8 Å². The monoisotopic (exact) mass is 305 g/mol. The number of rotatable bonds is 8. The maximum atomic E-state index is 6.16. The summed E-state index contributed by atoms with van der Waals surface area (Å²) in [5.74, 6) is 1.86. The fraction of sp³-hybridized carbons (Fsp3) is 0.684. The molecule has 1 aliphatic rings. The van der Waals surface area contributed by atoms with Gasteiger partial charge in [-0.25, -0.2) is 0 Å². The molecule has 124 valence electrons. The standard InChI is InChI=1S/C19H31NO2/c1-5-7-8-9-12-20-17-14-19(3,4)22-18-13-15(21-6-2)10-11-16(17)18/h10-11,13,17,20H,5-9,12,14H2,1-4H3. The number of ether oxygens (including phenoxy) is 2. The lowest BCUT2D eigenvalue weighted by atomic mass is 9.89. The van der Waals surface area contributed by atoms with Gasteiger partial charge in [-0.3, -0.25) is 0 Å². The van der Waals surface area contributed by atoms with Crippen LogP contribution < -0.4 is 14.8 Å². The molecule has 22 heavy (non-hydrogen) atoms. The summed E-state index contributed by atoms with van der Waals surface area (Å²) in [5, 5.41) is 3.72. The fourth-order valence-electron chi connectivity index (χ4n) is 3.10. The number of benzene rings is 1. The van der Waals surface area contributed by atoms with Crippen LogP contribution in [0.2, 0.25) is 0 Å². The number of fused-ring (bicyclic) bond motifs is 1. The molecule has 3 nitrogen and oxygen atoms in total. The third kappa shape index (κ3) is 4.64. The summed E-state index contributed by atoms with van der Waals surface area (Å²) in [5.41, 5.74) is 1.12. The van der Waals surface area contributed by atoms with Gasteiger partial charge in [-0.05, 0) is 39.8 Å². The van der Waals surface area contributed by atoms with Gasteiger partial charge in [-0.1, -0.05) is 32.3 Å². The Morgan fingerprint density at radius 2 is 2.05 bits per heavy atom. The van der Waals surface area contributed by atoms with Crippen LogP contribution in [0.5, 0.6) is 11.5 Å². The maximum Gasteiger partial charge on any atom is 0.128 e. The van der Waals surface area contributed by atoms with E-state index < -0.39 is 0 Å². The number of hydrogen-bond acceptors (Lipinski definition) is 3. The topological polar surface area (TPSA) is 30.5 Å². The van der Waals surface area contributed by atoms with Crippen molar-refractivity contribution in [2.45, 2.75) is 71.4 Å². The average molecular weight is 305 g/mol. The lowest BCUT2D eigenvalue weighted by Crippen LogP contribution is -2.39. The van der Waals surface area contributed by atoms with E-state index in [9.17, 15) is 0 Å². The van der Waals surface area contributed by atoms with Crippen LogP contribution in [0.15, 0.2) is 18.2 Å². The first-order valence-electron chi connectivity index (χ1n) is 8.75. The molecule has 0 aromatic heterocycles. The molecule has 0 aliphatic carbocycles. The highest BCUT2D eigenvalue weighted by molar-refractivity contribution is 5.44. The largest absolute Gasteiger partial charge is 0.494 e. The second kappa shape index (κ2) is 7.87. The van der Waals surface area contributed by atoms with E-state index in [0.717, 1.165) is 24.5 Å². The minimum absolute atomic E-state index is 0.140. The molecule has 0 saturated heterocycles. The summed E-state index contributed by atoms with van der Waals surface area (Å²) in [6, 6.07) is 6.61. The van der Waals surface area contributed by atoms with E-state index in [0.29, 0.717) is 12.6 Å². The predicted molar refractivity (Wildman–Crippen MR) is 91.8 cm³/mol. The fourth-order valence-corrected chi connectivity index (χ4v) is 3.10. The van der Waals surface area contributed by atoms with Crippen LogP contribution in [0.3, 0.4) is 0 Å². The highest BCUT2D eigenvalue weighted by atomic mass is 16.5. The molecule has 0 spiro atoms. The third-order valence-corrected chi connectivity index (χ3v) is 4.17. The van der Waals surface area contributed by atoms with Crippen molar-refractivity contribution in [3.63, 3.8) is 0 Å². The molecule has 1 aromatic carbocycles. The Kier molecular flexibility index (Phi) is 6.13. The Labute approximate surface area is 135 Å². The van der Waals surface area contributed by atoms with Crippen molar-refractivity contribution in [3.8, 4) is 11.5 Å². The van der Waals surface area contributed by atoms with Gasteiger partial charge in [0.05, 0.1) is 6.61 Å². The molecule has 1 aromatic rings. The Hall–Kier alpha value is -1.22. The van der Waals surface area contributed by atoms with Crippen molar-refractivity contribution >= 4 is 0 Å². The predicted octanol–water partition coefficient (Wildman–Crippen LogP) is 4.86. The highest BCUT2D eigenvalue weighted by Crippen LogP contribution is 2.41. The lowest BCUT2D eigenvalue weighted by Gasteiger charge is -2.38. The summed E-state index contributed by atoms with van der Waals surface area (Å²) in [7, 11) is 0. The molecule has 0 fully saturated rings. The molecule has 1 atom stereocenters. The van der Waals surface area contributed by atoms with Crippen LogP contribution in [0.4, 0.5) is 0 Å². The van der Waals surface area contributed by atoms with Gasteiger partial charge in [-0.15, -0.1) is 0 Å². The van der Waals surface area contributed by atoms with E-state index in [1.807, 2.05) is 13.0 Å². The third-order valence-electron chi connectivity index (χ3n) is 4.17. The van der Waals surface area contributed by atoms with Crippen LogP contribution in [0.1, 0.15) is 71.4 Å². The van der Waals surface area contributed by atoms with Crippen LogP contribution in [-0.2, 0) is 0 Å². The van der Waals surface area contributed by atoms with Gasteiger partial charge in [-0.2, -0.15) is 0 Å². The van der Waals surface area contributed by atoms with E-state index in [1.54, 1.807) is 0 Å². The van der Waals surface area contributed by atoms with Crippen LogP contribution in [0, 0.1) is 0 Å². The summed E-state index contributed by atoms with van der Waals surface area (Å²) < 4.78 is 11.8. The van der Waals surface area contributed by atoms with Crippen molar-refractivity contribution in [1.29, 1.82) is 0 Å². The maximum absolute atomic E-state index is 6.16. The first-order chi connectivity index (χ1) is 10.6. The Bertz CT molecular complexity index is 471. The molecule has 0 saturated carbocycles. The van der Waals surface area contributed by atoms with Gasteiger partial charge >= 0.3 is 0 Å². The smallest absolute Gasteiger partial charge is 0.128 e. The SMILES string of the molecule is CCCCCCNC1CC(C)(C)Oc2cc(OCC)ccc21. The van der Waals surface area contributed by atoms with Gasteiger partial charge in [0.2, 0.25) is 0 Å². The Balaban J connectivity index is 2.05. The van der Waals surface area contributed by atoms with Crippen molar-refractivity contribution < 1.29 is 9.47 Å². The molecule has 0 radical (unpaired) electrons. The molecule has 2 rings (SSSR count). The van der Waals surface area contributed by atoms with E-state index in [1.165, 1.54) is 31.2 Å². The van der Waals surface area contributed by atoms with Gasteiger partial charge in [0.1, 0.15) is 17.1 Å². The molecule has 3 heteroatoms. The summed E-state index contributed by atoms with van der Waals surface area (Å²) >= 11 is 0. The summed E-state index contributed by atoms with van der Waals surface area (Å²) in [4.78, 5) is 0. The van der Waals surface area contributed by atoms with Crippen LogP contribution in [0.25, 0.3) is 0 Å². The van der Waals surface area contributed by atoms with Crippen LogP contribution >= 0.6 is 0 Å². The molecule has 1 aliphatic heterocycles. The van der Waals surface area contributed by atoms with E-state index >= 15 is 0 Å². The average Bonchev–Trinajstić information content (AvgIpc) is 2.45. The Morgan fingerprint density at radius 3 is 2.77 bits per heavy atom. The van der Waals surface area contributed by atoms with E-state index in [4.69, 9.17) is 9.47 Å². The lowest BCUT2D eigenvalue weighted by molar-refractivity contribution is 0.0656. The normalized spacial score (nSPS) is 19.4. The molecule has 1 unspecified atom stereocenters. The quantitative estimate of drug-likeness (QED) is 0.696.